The maximum absolute atomic E-state index is 6.15. The van der Waals surface area contributed by atoms with Crippen LogP contribution in [0.3, 0.4) is 0 Å². The molecule has 0 atom stereocenters. The van der Waals surface area contributed by atoms with Crippen molar-refractivity contribution in [3.63, 3.8) is 0 Å². The van der Waals surface area contributed by atoms with Crippen molar-refractivity contribution < 1.29 is 0 Å². The van der Waals surface area contributed by atoms with Gasteiger partial charge in [-0.05, 0) is 37.3 Å². The van der Waals surface area contributed by atoms with Gasteiger partial charge in [0.05, 0.1) is 22.1 Å². The van der Waals surface area contributed by atoms with Crippen molar-refractivity contribution in [2.24, 2.45) is 4.99 Å². The summed E-state index contributed by atoms with van der Waals surface area (Å²) >= 11 is 6.15. The summed E-state index contributed by atoms with van der Waals surface area (Å²) < 4.78 is 0. The van der Waals surface area contributed by atoms with Crippen LogP contribution in [0.25, 0.3) is 0 Å². The van der Waals surface area contributed by atoms with Gasteiger partial charge < -0.3 is 10.6 Å². The molecule has 2 aromatic carbocycles. The van der Waals surface area contributed by atoms with Gasteiger partial charge in [-0.25, -0.2) is 4.99 Å². The number of nitrogens with one attached hydrogen (secondary N) is 2. The first-order chi connectivity index (χ1) is 9.72. The molecule has 1 heterocycles. The van der Waals surface area contributed by atoms with Gasteiger partial charge >= 0.3 is 0 Å². The Morgan fingerprint density at radius 3 is 2.30 bits per heavy atom. The Morgan fingerprint density at radius 2 is 1.55 bits per heavy atom. The number of rotatable bonds is 1. The minimum absolute atomic E-state index is 0.637. The van der Waals surface area contributed by atoms with Crippen LogP contribution in [0.15, 0.2) is 65.3 Å². The van der Waals surface area contributed by atoms with Crippen molar-refractivity contribution in [1.29, 1.82) is 0 Å². The van der Waals surface area contributed by atoms with Gasteiger partial charge in [0.1, 0.15) is 5.84 Å². The number of nitrogens with zero attached hydrogens (tertiary/aromatic N) is 1. The van der Waals surface area contributed by atoms with Crippen LogP contribution in [0, 0.1) is 0 Å². The molecule has 4 heteroatoms. The molecule has 100 valence electrons. The minimum atomic E-state index is 0.637. The fourth-order valence-corrected chi connectivity index (χ4v) is 2.24. The Morgan fingerprint density at radius 1 is 0.900 bits per heavy atom. The Bertz CT molecular complexity index is 704. The third-order valence-corrected chi connectivity index (χ3v) is 3.29. The number of amidine groups is 1. The molecule has 0 saturated carbocycles. The molecule has 0 unspecified atom stereocenters. The van der Waals surface area contributed by atoms with Crippen LogP contribution in [0.5, 0.6) is 0 Å². The van der Waals surface area contributed by atoms with Crippen molar-refractivity contribution in [1.82, 2.24) is 0 Å². The van der Waals surface area contributed by atoms with E-state index in [1.807, 2.05) is 61.5 Å². The van der Waals surface area contributed by atoms with E-state index in [0.29, 0.717) is 5.02 Å². The lowest BCUT2D eigenvalue weighted by Crippen LogP contribution is -2.07. The number of benzene rings is 2. The fraction of sp³-hybridized carbons (Fsp3) is 0.0625. The highest BCUT2D eigenvalue weighted by atomic mass is 35.5. The Hall–Kier alpha value is -2.26. The second-order valence-corrected chi connectivity index (χ2v) is 4.98. The average Bonchev–Trinajstić information content (AvgIpc) is 2.58. The van der Waals surface area contributed by atoms with Gasteiger partial charge in [-0.15, -0.1) is 0 Å². The van der Waals surface area contributed by atoms with Crippen LogP contribution >= 0.6 is 11.6 Å². The summed E-state index contributed by atoms with van der Waals surface area (Å²) in [6, 6.07) is 15.6. The van der Waals surface area contributed by atoms with Crippen LogP contribution in [0.1, 0.15) is 6.92 Å². The molecule has 0 amide bonds. The van der Waals surface area contributed by atoms with E-state index in [9.17, 15) is 0 Å². The topological polar surface area (TPSA) is 36.4 Å². The molecule has 3 nitrogen and oxygen atoms in total. The van der Waals surface area contributed by atoms with E-state index in [2.05, 4.69) is 15.6 Å². The molecule has 0 spiro atoms. The molecular weight excluding hydrogens is 270 g/mol. The lowest BCUT2D eigenvalue weighted by atomic mass is 10.2. The monoisotopic (exact) mass is 283 g/mol. The van der Waals surface area contributed by atoms with Crippen molar-refractivity contribution in [3.8, 4) is 0 Å². The summed E-state index contributed by atoms with van der Waals surface area (Å²) in [5.74, 6) is 0.757. The highest BCUT2D eigenvalue weighted by Crippen LogP contribution is 2.28. The van der Waals surface area contributed by atoms with Crippen LogP contribution in [0.2, 0.25) is 5.02 Å². The molecule has 1 aliphatic heterocycles. The summed E-state index contributed by atoms with van der Waals surface area (Å²) in [4.78, 5) is 4.58. The van der Waals surface area contributed by atoms with E-state index in [-0.39, 0.29) is 0 Å². The van der Waals surface area contributed by atoms with Gasteiger partial charge in [-0.3, -0.25) is 0 Å². The van der Waals surface area contributed by atoms with E-state index in [1.54, 1.807) is 0 Å². The van der Waals surface area contributed by atoms with Crippen molar-refractivity contribution in [2.45, 2.75) is 6.92 Å². The molecule has 0 aliphatic carbocycles. The normalized spacial score (nSPS) is 15.7. The molecule has 1 aliphatic rings. The highest BCUT2D eigenvalue weighted by Gasteiger charge is 2.09. The second kappa shape index (κ2) is 5.39. The average molecular weight is 284 g/mol. The maximum Gasteiger partial charge on any atom is 0.132 e. The number of hydrogen-bond acceptors (Lipinski definition) is 2. The third-order valence-electron chi connectivity index (χ3n) is 2.97. The summed E-state index contributed by atoms with van der Waals surface area (Å²) in [5.41, 5.74) is 3.80. The van der Waals surface area contributed by atoms with Crippen molar-refractivity contribution in [2.75, 3.05) is 10.6 Å². The highest BCUT2D eigenvalue weighted by molar-refractivity contribution is 6.33. The van der Waals surface area contributed by atoms with Gasteiger partial charge in [0.25, 0.3) is 0 Å². The summed E-state index contributed by atoms with van der Waals surface area (Å²) in [6.07, 6.45) is 1.96. The van der Waals surface area contributed by atoms with Gasteiger partial charge in [0, 0.05) is 5.70 Å². The Labute approximate surface area is 123 Å². The minimum Gasteiger partial charge on any atom is -0.357 e. The van der Waals surface area contributed by atoms with Crippen LogP contribution in [-0.4, -0.2) is 5.84 Å². The molecule has 2 aromatic rings. The fourth-order valence-electron chi connectivity index (χ4n) is 2.06. The number of fused-ring (bicyclic) bond motifs is 1. The first-order valence-electron chi connectivity index (χ1n) is 6.37. The Kier molecular flexibility index (Phi) is 3.44. The molecule has 0 bridgehead atoms. The summed E-state index contributed by atoms with van der Waals surface area (Å²) in [7, 11) is 0. The molecule has 0 fully saturated rings. The molecular formula is C16H14ClN3. The molecule has 20 heavy (non-hydrogen) atoms. The van der Waals surface area contributed by atoms with Gasteiger partial charge in [0.2, 0.25) is 0 Å². The molecule has 0 aromatic heterocycles. The van der Waals surface area contributed by atoms with E-state index in [0.717, 1.165) is 28.6 Å². The van der Waals surface area contributed by atoms with Gasteiger partial charge in [-0.1, -0.05) is 35.9 Å². The van der Waals surface area contributed by atoms with Crippen molar-refractivity contribution in [3.05, 3.63) is 65.3 Å². The zero-order valence-corrected chi connectivity index (χ0v) is 11.8. The van der Waals surface area contributed by atoms with E-state index in [4.69, 9.17) is 11.6 Å². The zero-order chi connectivity index (χ0) is 13.9. The summed E-state index contributed by atoms with van der Waals surface area (Å²) in [5, 5.41) is 7.29. The smallest absolute Gasteiger partial charge is 0.132 e. The van der Waals surface area contributed by atoms with Gasteiger partial charge in [-0.2, -0.15) is 0 Å². The molecule has 0 radical (unpaired) electrons. The quantitative estimate of drug-likeness (QED) is 0.788. The molecule has 3 rings (SSSR count). The largest absolute Gasteiger partial charge is 0.357 e. The number of para-hydroxylation sites is 3. The maximum atomic E-state index is 6.15. The van der Waals surface area contributed by atoms with Crippen molar-refractivity contribution >= 4 is 34.5 Å². The number of hydrogen-bond donors (Lipinski definition) is 2. The SMILES string of the molecule is CC1=CC(=Nc2ccccc2Cl)Nc2ccccc2N1. The van der Waals surface area contributed by atoms with E-state index in [1.165, 1.54) is 0 Å². The number of allylic oxidation sites excluding steroid dienone is 1. The standard InChI is InChI=1S/C16H14ClN3/c1-11-10-16(19-13-7-3-2-6-12(13)17)20-15-9-5-4-8-14(15)18-11/h2-10,18H,1H3,(H,19,20). The lowest BCUT2D eigenvalue weighted by molar-refractivity contribution is 1.40. The molecule has 0 saturated heterocycles. The lowest BCUT2D eigenvalue weighted by Gasteiger charge is -2.08. The zero-order valence-electron chi connectivity index (χ0n) is 11.0. The van der Waals surface area contributed by atoms with Crippen LogP contribution in [0.4, 0.5) is 17.1 Å². The predicted octanol–water partition coefficient (Wildman–Crippen LogP) is 4.81. The van der Waals surface area contributed by atoms with E-state index < -0.39 is 0 Å². The first kappa shape index (κ1) is 12.8. The number of anilines is 2. The van der Waals surface area contributed by atoms with Crippen LogP contribution < -0.4 is 10.6 Å². The predicted molar refractivity (Wildman–Crippen MR) is 86.0 cm³/mol. The Balaban J connectivity index is 2.02. The molecule has 2 N–H and O–H groups in total. The number of halogens is 1. The third kappa shape index (κ3) is 2.68. The first-order valence-corrected chi connectivity index (χ1v) is 6.75. The summed E-state index contributed by atoms with van der Waals surface area (Å²) in [6.45, 7) is 2.01. The second-order valence-electron chi connectivity index (χ2n) is 4.57. The van der Waals surface area contributed by atoms with E-state index >= 15 is 0 Å². The number of aliphatic imine (C=N–C) groups is 1. The van der Waals surface area contributed by atoms with Crippen LogP contribution in [-0.2, 0) is 0 Å². The van der Waals surface area contributed by atoms with Gasteiger partial charge in [0.15, 0.2) is 0 Å².